The number of thiophene rings is 1. The van der Waals surface area contributed by atoms with Gasteiger partial charge in [0.25, 0.3) is 0 Å². The largest absolute Gasteiger partial charge is 0.207 e. The van der Waals surface area contributed by atoms with Gasteiger partial charge in [0.1, 0.15) is 5.82 Å². The third kappa shape index (κ3) is 1.59. The summed E-state index contributed by atoms with van der Waals surface area (Å²) in [6.07, 6.45) is 0. The molecule has 0 bridgehead atoms. The molecule has 1 aromatic heterocycles. The van der Waals surface area contributed by atoms with Gasteiger partial charge in [0, 0.05) is 9.58 Å². The number of fused-ring (bicyclic) bond motifs is 1. The van der Waals surface area contributed by atoms with E-state index in [1.807, 2.05) is 6.07 Å². The van der Waals surface area contributed by atoms with Gasteiger partial charge in [0.05, 0.1) is 0 Å². The van der Waals surface area contributed by atoms with Crippen LogP contribution < -0.4 is 0 Å². The molecule has 0 nitrogen and oxygen atoms in total. The van der Waals surface area contributed by atoms with Crippen LogP contribution in [0.2, 0.25) is 0 Å². The zero-order valence-corrected chi connectivity index (χ0v) is 8.49. The highest BCUT2D eigenvalue weighted by Gasteiger charge is 2.05. The summed E-state index contributed by atoms with van der Waals surface area (Å²) in [6.45, 7) is 4.31. The maximum atomic E-state index is 12.9. The molecule has 0 unspecified atom stereocenters. The number of hydrogen-bond donors (Lipinski definition) is 0. The third-order valence-corrected chi connectivity index (χ3v) is 3.48. The Labute approximate surface area is 81.0 Å². The Kier molecular flexibility index (Phi) is 2.08. The van der Waals surface area contributed by atoms with E-state index in [0.717, 1.165) is 5.39 Å². The van der Waals surface area contributed by atoms with Gasteiger partial charge in [-0.05, 0) is 35.6 Å². The van der Waals surface area contributed by atoms with Gasteiger partial charge in [0.2, 0.25) is 0 Å². The molecule has 0 aliphatic heterocycles. The lowest BCUT2D eigenvalue weighted by Crippen LogP contribution is -1.77. The first-order chi connectivity index (χ1) is 6.16. The number of benzene rings is 1. The second kappa shape index (κ2) is 3.11. The topological polar surface area (TPSA) is 0 Å². The first-order valence-corrected chi connectivity index (χ1v) is 5.17. The molecule has 2 aromatic rings. The molecule has 0 fully saturated rings. The molecule has 0 spiro atoms. The maximum Gasteiger partial charge on any atom is 0.123 e. The highest BCUT2D eigenvalue weighted by atomic mass is 32.1. The first-order valence-electron chi connectivity index (χ1n) is 4.36. The van der Waals surface area contributed by atoms with Crippen molar-refractivity contribution in [2.45, 2.75) is 19.8 Å². The molecular weight excluding hydrogens is 183 g/mol. The first kappa shape index (κ1) is 8.70. The summed E-state index contributed by atoms with van der Waals surface area (Å²) < 4.78 is 14.0. The van der Waals surface area contributed by atoms with E-state index in [2.05, 4.69) is 19.9 Å². The predicted octanol–water partition coefficient (Wildman–Crippen LogP) is 4.16. The number of rotatable bonds is 1. The molecule has 0 N–H and O–H groups in total. The van der Waals surface area contributed by atoms with Crippen molar-refractivity contribution in [2.75, 3.05) is 0 Å². The predicted molar refractivity (Wildman–Crippen MR) is 55.9 cm³/mol. The molecule has 68 valence electrons. The SMILES string of the molecule is CC(C)c1cc2cc(F)ccc2s1. The summed E-state index contributed by atoms with van der Waals surface area (Å²) in [5.74, 6) is 0.376. The zero-order valence-electron chi connectivity index (χ0n) is 7.67. The van der Waals surface area contributed by atoms with Crippen molar-refractivity contribution in [1.82, 2.24) is 0 Å². The lowest BCUT2D eigenvalue weighted by atomic mass is 10.1. The fraction of sp³-hybridized carbons (Fsp3) is 0.273. The van der Waals surface area contributed by atoms with Crippen LogP contribution in [-0.2, 0) is 0 Å². The molecule has 0 atom stereocenters. The summed E-state index contributed by atoms with van der Waals surface area (Å²) >= 11 is 1.75. The molecule has 0 radical (unpaired) electrons. The van der Waals surface area contributed by atoms with Gasteiger partial charge in [-0.25, -0.2) is 4.39 Å². The summed E-state index contributed by atoms with van der Waals surface area (Å²) in [6, 6.07) is 7.04. The lowest BCUT2D eigenvalue weighted by Gasteiger charge is -1.96. The summed E-state index contributed by atoms with van der Waals surface area (Å²) in [5, 5.41) is 1.02. The highest BCUT2D eigenvalue weighted by molar-refractivity contribution is 7.19. The van der Waals surface area contributed by atoms with E-state index < -0.39 is 0 Å². The van der Waals surface area contributed by atoms with Crippen LogP contribution in [0, 0.1) is 5.82 Å². The Balaban J connectivity index is 2.62. The monoisotopic (exact) mass is 194 g/mol. The Morgan fingerprint density at radius 1 is 1.23 bits per heavy atom. The van der Waals surface area contributed by atoms with E-state index in [-0.39, 0.29) is 5.82 Å². The van der Waals surface area contributed by atoms with Crippen LogP contribution in [0.25, 0.3) is 10.1 Å². The molecule has 2 heteroatoms. The van der Waals surface area contributed by atoms with Crippen LogP contribution in [0.5, 0.6) is 0 Å². The smallest absolute Gasteiger partial charge is 0.123 e. The summed E-state index contributed by atoms with van der Waals surface area (Å²) in [7, 11) is 0. The standard InChI is InChI=1S/C11H11FS/c1-7(2)11-6-8-5-9(12)3-4-10(8)13-11/h3-7H,1-2H3. The molecular formula is C11H11FS. The number of halogens is 1. The van der Waals surface area contributed by atoms with E-state index in [1.165, 1.54) is 15.6 Å². The number of hydrogen-bond acceptors (Lipinski definition) is 1. The van der Waals surface area contributed by atoms with E-state index in [4.69, 9.17) is 0 Å². The Morgan fingerprint density at radius 2 is 2.00 bits per heavy atom. The van der Waals surface area contributed by atoms with Gasteiger partial charge in [-0.15, -0.1) is 11.3 Å². The minimum atomic E-state index is -0.152. The second-order valence-electron chi connectivity index (χ2n) is 3.49. The van der Waals surface area contributed by atoms with Crippen LogP contribution in [0.3, 0.4) is 0 Å². The highest BCUT2D eigenvalue weighted by Crippen LogP contribution is 2.30. The average Bonchev–Trinajstić information content (AvgIpc) is 2.46. The van der Waals surface area contributed by atoms with Crippen LogP contribution in [-0.4, -0.2) is 0 Å². The van der Waals surface area contributed by atoms with Crippen LogP contribution >= 0.6 is 11.3 Å². The molecule has 1 heterocycles. The van der Waals surface area contributed by atoms with Crippen LogP contribution in [0.1, 0.15) is 24.6 Å². The second-order valence-corrected chi connectivity index (χ2v) is 4.60. The van der Waals surface area contributed by atoms with Crippen molar-refractivity contribution in [1.29, 1.82) is 0 Å². The van der Waals surface area contributed by atoms with Crippen LogP contribution in [0.4, 0.5) is 4.39 Å². The van der Waals surface area contributed by atoms with Crippen molar-refractivity contribution in [2.24, 2.45) is 0 Å². The molecule has 1 aromatic carbocycles. The molecule has 2 rings (SSSR count). The molecule has 0 amide bonds. The lowest BCUT2D eigenvalue weighted by molar-refractivity contribution is 0.630. The summed E-state index contributed by atoms with van der Waals surface area (Å²) in [4.78, 5) is 1.32. The molecule has 0 saturated carbocycles. The quantitative estimate of drug-likeness (QED) is 0.639. The molecule has 0 saturated heterocycles. The van der Waals surface area contributed by atoms with Gasteiger partial charge >= 0.3 is 0 Å². The third-order valence-electron chi connectivity index (χ3n) is 2.07. The molecule has 13 heavy (non-hydrogen) atoms. The van der Waals surface area contributed by atoms with Gasteiger partial charge in [-0.3, -0.25) is 0 Å². The van der Waals surface area contributed by atoms with E-state index in [0.29, 0.717) is 5.92 Å². The Hall–Kier alpha value is -0.890. The average molecular weight is 194 g/mol. The van der Waals surface area contributed by atoms with Crippen molar-refractivity contribution in [3.8, 4) is 0 Å². The van der Waals surface area contributed by atoms with E-state index >= 15 is 0 Å². The normalized spacial score (nSPS) is 11.4. The van der Waals surface area contributed by atoms with E-state index in [1.54, 1.807) is 17.4 Å². The Bertz CT molecular complexity index is 429. The maximum absolute atomic E-state index is 12.9. The molecule has 0 aliphatic rings. The van der Waals surface area contributed by atoms with Crippen LogP contribution in [0.15, 0.2) is 24.3 Å². The van der Waals surface area contributed by atoms with Gasteiger partial charge in [-0.2, -0.15) is 0 Å². The van der Waals surface area contributed by atoms with Crippen molar-refractivity contribution >= 4 is 21.4 Å². The molecule has 0 aliphatic carbocycles. The van der Waals surface area contributed by atoms with Gasteiger partial charge in [-0.1, -0.05) is 13.8 Å². The van der Waals surface area contributed by atoms with Crippen molar-refractivity contribution < 1.29 is 4.39 Å². The minimum Gasteiger partial charge on any atom is -0.207 e. The van der Waals surface area contributed by atoms with Crippen molar-refractivity contribution in [3.05, 3.63) is 35.0 Å². The zero-order chi connectivity index (χ0) is 9.42. The van der Waals surface area contributed by atoms with Crippen molar-refractivity contribution in [3.63, 3.8) is 0 Å². The van der Waals surface area contributed by atoms with Gasteiger partial charge in [0.15, 0.2) is 0 Å². The minimum absolute atomic E-state index is 0.152. The summed E-state index contributed by atoms with van der Waals surface area (Å²) in [5.41, 5.74) is 0. The fourth-order valence-electron chi connectivity index (χ4n) is 1.32. The fourth-order valence-corrected chi connectivity index (χ4v) is 2.37. The van der Waals surface area contributed by atoms with E-state index in [9.17, 15) is 4.39 Å². The Morgan fingerprint density at radius 3 is 2.69 bits per heavy atom. The van der Waals surface area contributed by atoms with Gasteiger partial charge < -0.3 is 0 Å².